The Morgan fingerprint density at radius 3 is 2.63 bits per heavy atom. The van der Waals surface area contributed by atoms with E-state index in [0.717, 1.165) is 5.56 Å². The highest BCUT2D eigenvalue weighted by molar-refractivity contribution is 9.10. The molecule has 1 aromatic rings. The average Bonchev–Trinajstić information content (AvgIpc) is 2.27. The number of carbonyl (C=O) groups excluding carboxylic acids is 1. The Morgan fingerprint density at radius 1 is 1.53 bits per heavy atom. The molecule has 0 fully saturated rings. The van der Waals surface area contributed by atoms with Crippen molar-refractivity contribution in [3.8, 4) is 0 Å². The summed E-state index contributed by atoms with van der Waals surface area (Å²) in [4.78, 5) is 11.7. The summed E-state index contributed by atoms with van der Waals surface area (Å²) in [5.74, 6) is 0. The number of amides is 1. The highest BCUT2D eigenvalue weighted by Gasteiger charge is 2.20. The van der Waals surface area contributed by atoms with Gasteiger partial charge < -0.3 is 15.2 Å². The molecule has 6 heteroatoms. The number of ether oxygens (including phenoxy) is 1. The van der Waals surface area contributed by atoms with Gasteiger partial charge in [-0.25, -0.2) is 4.79 Å². The second-order valence-electron chi connectivity index (χ2n) is 5.05. The van der Waals surface area contributed by atoms with Crippen molar-refractivity contribution in [1.29, 1.82) is 0 Å². The van der Waals surface area contributed by atoms with E-state index in [2.05, 4.69) is 21.2 Å². The highest BCUT2D eigenvalue weighted by Crippen LogP contribution is 2.26. The molecule has 0 aliphatic rings. The molecule has 106 valence electrons. The first kappa shape index (κ1) is 16.3. The van der Waals surface area contributed by atoms with Crippen molar-refractivity contribution in [1.82, 2.24) is 5.32 Å². The van der Waals surface area contributed by atoms with Gasteiger partial charge in [0.25, 0.3) is 0 Å². The molecule has 19 heavy (non-hydrogen) atoms. The number of alkyl carbamates (subject to hydrolysis) is 1. The highest BCUT2D eigenvalue weighted by atomic mass is 79.9. The summed E-state index contributed by atoms with van der Waals surface area (Å²) in [7, 11) is 0. The van der Waals surface area contributed by atoms with Gasteiger partial charge in [0.15, 0.2) is 0 Å². The lowest BCUT2D eigenvalue weighted by Gasteiger charge is -2.23. The summed E-state index contributed by atoms with van der Waals surface area (Å²) in [5.41, 5.74) is 0.162. The zero-order valence-electron chi connectivity index (χ0n) is 11.0. The number of hydrogen-bond acceptors (Lipinski definition) is 3. The zero-order chi connectivity index (χ0) is 14.6. The Bertz CT molecular complexity index is 460. The maximum Gasteiger partial charge on any atom is 0.408 e. The van der Waals surface area contributed by atoms with Gasteiger partial charge in [0.2, 0.25) is 0 Å². The molecule has 4 nitrogen and oxygen atoms in total. The van der Waals surface area contributed by atoms with Gasteiger partial charge in [0, 0.05) is 4.47 Å². The second kappa shape index (κ2) is 6.59. The van der Waals surface area contributed by atoms with E-state index >= 15 is 0 Å². The first-order chi connectivity index (χ1) is 8.73. The number of hydrogen-bond donors (Lipinski definition) is 2. The first-order valence-electron chi connectivity index (χ1n) is 5.78. The molecule has 0 radical (unpaired) electrons. The molecule has 2 N–H and O–H groups in total. The fraction of sp³-hybridized carbons (Fsp3) is 0.462. The molecular weight excluding hydrogens is 334 g/mol. The molecule has 0 aliphatic heterocycles. The average molecular weight is 351 g/mol. The van der Waals surface area contributed by atoms with Crippen LogP contribution < -0.4 is 5.32 Å². The molecule has 1 amide bonds. The summed E-state index contributed by atoms with van der Waals surface area (Å²) in [6.45, 7) is 5.10. The van der Waals surface area contributed by atoms with Crippen LogP contribution in [0.1, 0.15) is 32.4 Å². The van der Waals surface area contributed by atoms with Gasteiger partial charge in [0.1, 0.15) is 5.60 Å². The van der Waals surface area contributed by atoms with E-state index in [1.807, 2.05) is 0 Å². The van der Waals surface area contributed by atoms with Crippen molar-refractivity contribution in [3.63, 3.8) is 0 Å². The molecule has 1 aromatic carbocycles. The number of rotatable bonds is 3. The van der Waals surface area contributed by atoms with Crippen molar-refractivity contribution < 1.29 is 14.6 Å². The molecule has 0 saturated heterocycles. The van der Waals surface area contributed by atoms with Crippen molar-refractivity contribution in [2.45, 2.75) is 32.4 Å². The molecule has 0 saturated carbocycles. The number of nitrogens with one attached hydrogen (secondary N) is 1. The molecular formula is C13H17BrClNO3. The van der Waals surface area contributed by atoms with E-state index in [1.54, 1.807) is 39.0 Å². The normalized spacial score (nSPS) is 12.9. The smallest absolute Gasteiger partial charge is 0.408 e. The summed E-state index contributed by atoms with van der Waals surface area (Å²) in [5, 5.41) is 12.5. The van der Waals surface area contributed by atoms with Crippen LogP contribution >= 0.6 is 27.5 Å². The van der Waals surface area contributed by atoms with Crippen LogP contribution in [0.15, 0.2) is 22.7 Å². The molecule has 0 bridgehead atoms. The summed E-state index contributed by atoms with van der Waals surface area (Å²) < 4.78 is 5.85. The van der Waals surface area contributed by atoms with Crippen LogP contribution in [0.4, 0.5) is 4.79 Å². The standard InChI is InChI=1S/C13H17BrClNO3/c1-13(2,3)19-12(18)16-11(7-17)8-4-5-10(15)9(14)6-8/h4-6,11,17H,7H2,1-3H3,(H,16,18)/t11-/m0/s1. The first-order valence-corrected chi connectivity index (χ1v) is 6.95. The van der Waals surface area contributed by atoms with Crippen molar-refractivity contribution in [2.24, 2.45) is 0 Å². The zero-order valence-corrected chi connectivity index (χ0v) is 13.4. The Balaban J connectivity index is 2.78. The minimum Gasteiger partial charge on any atom is -0.444 e. The van der Waals surface area contributed by atoms with Gasteiger partial charge >= 0.3 is 6.09 Å². The third-order valence-electron chi connectivity index (χ3n) is 2.22. The van der Waals surface area contributed by atoms with Gasteiger partial charge in [-0.3, -0.25) is 0 Å². The minimum atomic E-state index is -0.579. The van der Waals surface area contributed by atoms with Crippen molar-refractivity contribution >= 4 is 33.6 Å². The van der Waals surface area contributed by atoms with Gasteiger partial charge in [-0.05, 0) is 54.4 Å². The number of benzene rings is 1. The van der Waals surface area contributed by atoms with E-state index in [9.17, 15) is 9.90 Å². The topological polar surface area (TPSA) is 58.6 Å². The Hall–Kier alpha value is -0.780. The molecule has 0 spiro atoms. The van der Waals surface area contributed by atoms with Crippen LogP contribution in [0.5, 0.6) is 0 Å². The van der Waals surface area contributed by atoms with Gasteiger partial charge in [-0.15, -0.1) is 0 Å². The molecule has 0 unspecified atom stereocenters. The summed E-state index contributed by atoms with van der Waals surface area (Å²) in [6.07, 6.45) is -0.572. The SMILES string of the molecule is CC(C)(C)OC(=O)N[C@@H](CO)c1ccc(Cl)c(Br)c1. The van der Waals surface area contributed by atoms with E-state index in [4.69, 9.17) is 16.3 Å². The predicted molar refractivity (Wildman–Crippen MR) is 78.3 cm³/mol. The van der Waals surface area contributed by atoms with Gasteiger partial charge in [0.05, 0.1) is 17.7 Å². The molecule has 0 heterocycles. The Morgan fingerprint density at radius 2 is 2.16 bits per heavy atom. The minimum absolute atomic E-state index is 0.229. The molecule has 1 rings (SSSR count). The van der Waals surface area contributed by atoms with Crippen LogP contribution in [-0.4, -0.2) is 23.4 Å². The van der Waals surface area contributed by atoms with Crippen LogP contribution in [0, 0.1) is 0 Å². The summed E-state index contributed by atoms with van der Waals surface area (Å²) >= 11 is 9.20. The fourth-order valence-electron chi connectivity index (χ4n) is 1.41. The van der Waals surface area contributed by atoms with Crippen LogP contribution in [0.25, 0.3) is 0 Å². The lowest BCUT2D eigenvalue weighted by Crippen LogP contribution is -2.36. The fourth-order valence-corrected chi connectivity index (χ4v) is 1.93. The third kappa shape index (κ3) is 5.38. The molecule has 0 aliphatic carbocycles. The van der Waals surface area contributed by atoms with E-state index in [-0.39, 0.29) is 6.61 Å². The predicted octanol–water partition coefficient (Wildman–Crippen LogP) is 3.66. The quantitative estimate of drug-likeness (QED) is 0.874. The van der Waals surface area contributed by atoms with Gasteiger partial charge in [-0.1, -0.05) is 17.7 Å². The van der Waals surface area contributed by atoms with Crippen LogP contribution in [0.3, 0.4) is 0 Å². The number of aliphatic hydroxyl groups is 1. The second-order valence-corrected chi connectivity index (χ2v) is 6.32. The third-order valence-corrected chi connectivity index (χ3v) is 3.43. The largest absolute Gasteiger partial charge is 0.444 e. The lowest BCUT2D eigenvalue weighted by atomic mass is 10.1. The number of aliphatic hydroxyl groups excluding tert-OH is 1. The summed E-state index contributed by atoms with van der Waals surface area (Å²) in [6, 6.07) is 4.65. The van der Waals surface area contributed by atoms with E-state index in [0.29, 0.717) is 9.50 Å². The van der Waals surface area contributed by atoms with Gasteiger partial charge in [-0.2, -0.15) is 0 Å². The molecule has 0 aromatic heterocycles. The number of carbonyl (C=O) groups is 1. The lowest BCUT2D eigenvalue weighted by molar-refractivity contribution is 0.0482. The monoisotopic (exact) mass is 349 g/mol. The van der Waals surface area contributed by atoms with E-state index < -0.39 is 17.7 Å². The van der Waals surface area contributed by atoms with Crippen molar-refractivity contribution in [2.75, 3.05) is 6.61 Å². The van der Waals surface area contributed by atoms with Crippen molar-refractivity contribution in [3.05, 3.63) is 33.3 Å². The maximum absolute atomic E-state index is 11.7. The van der Waals surface area contributed by atoms with Crippen LogP contribution in [0.2, 0.25) is 5.02 Å². The number of halogens is 2. The van der Waals surface area contributed by atoms with Crippen LogP contribution in [-0.2, 0) is 4.74 Å². The van der Waals surface area contributed by atoms with E-state index in [1.165, 1.54) is 0 Å². The Labute approximate surface area is 126 Å². The molecule has 1 atom stereocenters. The maximum atomic E-state index is 11.7. The Kier molecular flexibility index (Phi) is 5.64.